The van der Waals surface area contributed by atoms with Crippen LogP contribution in [0.4, 0.5) is 11.4 Å². The lowest BCUT2D eigenvalue weighted by atomic mass is 10.0. The number of nitrogens with one attached hydrogen (secondary N) is 1. The molecule has 32 heavy (non-hydrogen) atoms. The number of aryl methyl sites for hydroxylation is 1. The number of nitrogens with zero attached hydrogens (tertiary/aromatic N) is 3. The van der Waals surface area contributed by atoms with Crippen LogP contribution in [-0.4, -0.2) is 29.8 Å². The molecular formula is C23H19N4O4S+. The molecule has 3 aromatic heterocycles. The molecule has 2 aromatic carbocycles. The number of hydrogen-bond donors (Lipinski definition) is 2. The van der Waals surface area contributed by atoms with Crippen molar-refractivity contribution in [3.63, 3.8) is 0 Å². The van der Waals surface area contributed by atoms with Crippen molar-refractivity contribution < 1.29 is 22.8 Å². The molecule has 0 aliphatic heterocycles. The predicted molar refractivity (Wildman–Crippen MR) is 120 cm³/mol. The zero-order chi connectivity index (χ0) is 22.5. The molecule has 5 aromatic rings. The first-order valence-corrected chi connectivity index (χ1v) is 11.6. The van der Waals surface area contributed by atoms with Crippen molar-refractivity contribution in [2.24, 2.45) is 0 Å². The van der Waals surface area contributed by atoms with Gasteiger partial charge in [0.05, 0.1) is 17.3 Å². The van der Waals surface area contributed by atoms with Gasteiger partial charge in [-0.25, -0.2) is 8.42 Å². The Morgan fingerprint density at radius 1 is 1.09 bits per heavy atom. The third-order valence-corrected chi connectivity index (χ3v) is 6.39. The summed E-state index contributed by atoms with van der Waals surface area (Å²) < 4.78 is 30.8. The predicted octanol–water partition coefficient (Wildman–Crippen LogP) is 4.02. The Morgan fingerprint density at radius 2 is 1.91 bits per heavy atom. The summed E-state index contributed by atoms with van der Waals surface area (Å²) in [5, 5.41) is 14.0. The van der Waals surface area contributed by atoms with Crippen molar-refractivity contribution in [3.8, 4) is 11.1 Å². The highest BCUT2D eigenvalue weighted by atomic mass is 32.2. The van der Waals surface area contributed by atoms with Gasteiger partial charge in [-0.2, -0.15) is 0 Å². The summed E-state index contributed by atoms with van der Waals surface area (Å²) in [6.45, 7) is 1.98. The van der Waals surface area contributed by atoms with E-state index in [1.807, 2.05) is 31.2 Å². The Morgan fingerprint density at radius 3 is 2.72 bits per heavy atom. The highest BCUT2D eigenvalue weighted by Gasteiger charge is 2.19. The van der Waals surface area contributed by atoms with Crippen LogP contribution in [-0.2, 0) is 9.84 Å². The van der Waals surface area contributed by atoms with Crippen LogP contribution in [0.2, 0.25) is 0 Å². The first-order valence-electron chi connectivity index (χ1n) is 9.74. The van der Waals surface area contributed by atoms with Crippen molar-refractivity contribution in [2.75, 3.05) is 11.6 Å². The largest absolute Gasteiger partial charge is 0.464 e. The normalized spacial score (nSPS) is 11.8. The van der Waals surface area contributed by atoms with Crippen LogP contribution in [0, 0.1) is 6.92 Å². The third-order valence-electron chi connectivity index (χ3n) is 5.24. The summed E-state index contributed by atoms with van der Waals surface area (Å²) in [5.74, 6) is 0. The summed E-state index contributed by atoms with van der Waals surface area (Å²) >= 11 is 0. The highest BCUT2D eigenvalue weighted by molar-refractivity contribution is 7.90. The van der Waals surface area contributed by atoms with E-state index in [4.69, 9.17) is 4.42 Å². The van der Waals surface area contributed by atoms with Crippen molar-refractivity contribution in [3.05, 3.63) is 73.0 Å². The maximum Gasteiger partial charge on any atom is 0.246 e. The maximum absolute atomic E-state index is 12.2. The number of aromatic nitrogens is 3. The zero-order valence-corrected chi connectivity index (χ0v) is 18.1. The summed E-state index contributed by atoms with van der Waals surface area (Å²) in [6.07, 6.45) is 8.64. The zero-order valence-electron chi connectivity index (χ0n) is 17.3. The smallest absolute Gasteiger partial charge is 0.246 e. The molecule has 160 valence electrons. The molecule has 0 fully saturated rings. The second-order valence-electron chi connectivity index (χ2n) is 7.58. The lowest BCUT2D eigenvalue weighted by Crippen LogP contribution is -2.29. The molecule has 5 rings (SSSR count). The molecule has 0 aliphatic rings. The fourth-order valence-electron chi connectivity index (χ4n) is 3.74. The van der Waals surface area contributed by atoms with Crippen LogP contribution in [0.3, 0.4) is 0 Å². The Bertz CT molecular complexity index is 1610. The molecule has 0 spiro atoms. The van der Waals surface area contributed by atoms with Gasteiger partial charge in [-0.15, -0.1) is 0 Å². The van der Waals surface area contributed by atoms with Gasteiger partial charge in [0.2, 0.25) is 12.4 Å². The van der Waals surface area contributed by atoms with Gasteiger partial charge in [0.1, 0.15) is 16.2 Å². The Kier molecular flexibility index (Phi) is 4.56. The van der Waals surface area contributed by atoms with Crippen molar-refractivity contribution in [1.82, 2.24) is 9.97 Å². The maximum atomic E-state index is 12.2. The van der Waals surface area contributed by atoms with Gasteiger partial charge in [-0.3, -0.25) is 15.2 Å². The topological polar surface area (TPSA) is 109 Å². The summed E-state index contributed by atoms with van der Waals surface area (Å²) in [6, 6.07) is 10.9. The van der Waals surface area contributed by atoms with E-state index < -0.39 is 9.84 Å². The van der Waals surface area contributed by atoms with Crippen LogP contribution in [0.5, 0.6) is 0 Å². The standard InChI is InChI=1S/C23H19N4O4S/c1-14-13-31-21-4-3-15(9-17(14)21)18-10-16(11-19-23(18)25-7-6-24-19)26-20-12-27(28)8-5-22(20)32(2,29)30/h3-13,26,28H,1-2H3/q+1. The van der Waals surface area contributed by atoms with Crippen molar-refractivity contribution in [2.45, 2.75) is 11.8 Å². The molecular weight excluding hydrogens is 428 g/mol. The summed E-state index contributed by atoms with van der Waals surface area (Å²) in [7, 11) is -3.52. The molecule has 0 atom stereocenters. The fraction of sp³-hybridized carbons (Fsp3) is 0.0870. The Hall–Kier alpha value is -3.98. The van der Waals surface area contributed by atoms with Crippen LogP contribution in [0.25, 0.3) is 33.1 Å². The van der Waals surface area contributed by atoms with E-state index in [1.165, 1.54) is 18.5 Å². The van der Waals surface area contributed by atoms with E-state index in [1.54, 1.807) is 24.7 Å². The quantitative estimate of drug-likeness (QED) is 0.316. The van der Waals surface area contributed by atoms with Gasteiger partial charge in [0.25, 0.3) is 0 Å². The molecule has 8 nitrogen and oxygen atoms in total. The fourth-order valence-corrected chi connectivity index (χ4v) is 4.55. The van der Waals surface area contributed by atoms with E-state index in [-0.39, 0.29) is 10.6 Å². The number of hydrogen-bond acceptors (Lipinski definition) is 7. The number of benzene rings is 2. The summed E-state index contributed by atoms with van der Waals surface area (Å²) in [4.78, 5) is 9.02. The first-order chi connectivity index (χ1) is 15.3. The van der Waals surface area contributed by atoms with Crippen LogP contribution in [0.1, 0.15) is 5.56 Å². The third kappa shape index (κ3) is 3.52. The average Bonchev–Trinajstić information content (AvgIpc) is 3.12. The van der Waals surface area contributed by atoms with Crippen molar-refractivity contribution >= 4 is 43.2 Å². The number of sulfone groups is 1. The monoisotopic (exact) mass is 447 g/mol. The van der Waals surface area contributed by atoms with Gasteiger partial charge in [-0.1, -0.05) is 6.07 Å². The number of rotatable bonds is 4. The number of pyridine rings is 1. The van der Waals surface area contributed by atoms with E-state index in [0.29, 0.717) is 16.7 Å². The number of furan rings is 1. The van der Waals surface area contributed by atoms with Gasteiger partial charge >= 0.3 is 0 Å². The van der Waals surface area contributed by atoms with Crippen LogP contribution in [0.15, 0.2) is 76.8 Å². The van der Waals surface area contributed by atoms with E-state index in [0.717, 1.165) is 38.6 Å². The number of fused-ring (bicyclic) bond motifs is 2. The average molecular weight is 447 g/mol. The van der Waals surface area contributed by atoms with Gasteiger partial charge < -0.3 is 9.73 Å². The SMILES string of the molecule is Cc1coc2ccc(-c3cc(Nc4c[n+](O)ccc4S(C)(=O)=O)cc4nccnc34)cc12. The van der Waals surface area contributed by atoms with Gasteiger partial charge in [0, 0.05) is 46.1 Å². The lowest BCUT2D eigenvalue weighted by molar-refractivity contribution is -0.904. The second-order valence-corrected chi connectivity index (χ2v) is 9.56. The van der Waals surface area contributed by atoms with E-state index >= 15 is 0 Å². The highest BCUT2D eigenvalue weighted by Crippen LogP contribution is 2.34. The van der Waals surface area contributed by atoms with Crippen LogP contribution >= 0.6 is 0 Å². The van der Waals surface area contributed by atoms with Crippen LogP contribution < -0.4 is 10.0 Å². The molecule has 3 heterocycles. The molecule has 0 amide bonds. The van der Waals surface area contributed by atoms with Crippen molar-refractivity contribution in [1.29, 1.82) is 0 Å². The minimum Gasteiger partial charge on any atom is -0.464 e. The summed E-state index contributed by atoms with van der Waals surface area (Å²) in [5.41, 5.74) is 5.78. The number of anilines is 2. The Balaban J connectivity index is 1.70. The molecule has 0 bridgehead atoms. The molecule has 0 saturated heterocycles. The molecule has 9 heteroatoms. The van der Waals surface area contributed by atoms with E-state index in [2.05, 4.69) is 15.3 Å². The minimum atomic E-state index is -3.52. The molecule has 0 saturated carbocycles. The van der Waals surface area contributed by atoms with Gasteiger partial charge in [0.15, 0.2) is 9.84 Å². The lowest BCUT2D eigenvalue weighted by Gasteiger charge is -2.12. The second kappa shape index (κ2) is 7.31. The molecule has 0 unspecified atom stereocenters. The first kappa shape index (κ1) is 20.0. The molecule has 2 N–H and O–H groups in total. The minimum absolute atomic E-state index is 0.0686. The van der Waals surface area contributed by atoms with Gasteiger partial charge in [-0.05, 0) is 42.3 Å². The Labute approximate surface area is 183 Å². The molecule has 0 aliphatic carbocycles. The molecule has 0 radical (unpaired) electrons. The van der Waals surface area contributed by atoms with E-state index in [9.17, 15) is 13.6 Å².